The van der Waals surface area contributed by atoms with Crippen LogP contribution in [0.15, 0.2) is 30.5 Å². The van der Waals surface area contributed by atoms with E-state index in [1.54, 1.807) is 13.2 Å². The fourth-order valence-electron chi connectivity index (χ4n) is 16.6. The molecule has 6 bridgehead atoms. The van der Waals surface area contributed by atoms with Crippen LogP contribution in [0.25, 0.3) is 22.2 Å². The van der Waals surface area contributed by atoms with Gasteiger partial charge in [0.1, 0.15) is 24.7 Å². The van der Waals surface area contributed by atoms with Crippen LogP contribution in [0.2, 0.25) is 0 Å². The van der Waals surface area contributed by atoms with E-state index in [-0.39, 0.29) is 66.5 Å². The van der Waals surface area contributed by atoms with Crippen LogP contribution in [0, 0.1) is 22.7 Å². The van der Waals surface area contributed by atoms with Gasteiger partial charge in [0.25, 0.3) is 5.91 Å². The van der Waals surface area contributed by atoms with Gasteiger partial charge in [-0.05, 0) is 151 Å². The topological polar surface area (TPSA) is 166 Å². The van der Waals surface area contributed by atoms with Crippen molar-refractivity contribution >= 4 is 40.3 Å². The number of piperidine rings is 1. The lowest BCUT2D eigenvalue weighted by Gasteiger charge is -2.42. The number of carbonyl (C=O) groups is 4. The molecule has 85 heavy (non-hydrogen) atoms. The third-order valence-corrected chi connectivity index (χ3v) is 21.4. The Hall–Kier alpha value is -4.90. The molecule has 3 aromatic rings. The summed E-state index contributed by atoms with van der Waals surface area (Å²) in [4.78, 5) is 75.2. The summed E-state index contributed by atoms with van der Waals surface area (Å²) in [5, 5.41) is 5.47. The molecule has 10 aliphatic rings. The minimum atomic E-state index is -4.60. The fraction of sp³-hybridized carbons (Fsp3) is 0.734. The summed E-state index contributed by atoms with van der Waals surface area (Å²) >= 11 is 0. The molecule has 1 spiro atoms. The number of rotatable bonds is 11. The zero-order chi connectivity index (χ0) is 59.1. The van der Waals surface area contributed by atoms with Gasteiger partial charge in [-0.1, -0.05) is 26.7 Å². The zero-order valence-electron chi connectivity index (χ0n) is 50.5. The van der Waals surface area contributed by atoms with Crippen LogP contribution in [-0.2, 0) is 51.1 Å². The average molecular weight is 1180 g/mol. The largest absolute Gasteiger partial charge is 0.464 e. The Balaban J connectivity index is 0.828. The van der Waals surface area contributed by atoms with E-state index in [4.69, 9.17) is 23.9 Å². The van der Waals surface area contributed by atoms with E-state index in [1.165, 1.54) is 22.4 Å². The maximum Gasteiger partial charge on any atom is 0.406 e. The van der Waals surface area contributed by atoms with E-state index in [2.05, 4.69) is 48.4 Å². The molecule has 13 rings (SSSR count). The number of ether oxygens (including phenoxy) is 4. The summed E-state index contributed by atoms with van der Waals surface area (Å²) in [7, 11) is 3.66. The number of morpholine rings is 2. The summed E-state index contributed by atoms with van der Waals surface area (Å²) in [6, 6.07) is 6.01. The molecule has 2 aliphatic carbocycles. The summed E-state index contributed by atoms with van der Waals surface area (Å²) in [5.74, 6) is 0.0457. The summed E-state index contributed by atoms with van der Waals surface area (Å²) in [6.45, 7) is 12.0. The first-order valence-electron chi connectivity index (χ1n) is 32.1. The Morgan fingerprint density at radius 3 is 2.54 bits per heavy atom. The Morgan fingerprint density at radius 1 is 0.941 bits per heavy atom. The standard InChI is InChI=1S/C64H89F3N10O8/c1-39(82-5)53-48(28-43(32-68-53)42-16-20-72-23-25-83-34-45(72)27-42)56-49-31-62(2,3)38-85-61(81)50-11-8-19-77(70-50)59(79)51(30-46-33-73(24-26-84-46)44-14-15-52(47(49)29-44)76(56)37-64(65,66)67)69-58(78)55(40-9-6-7-10-40)74-21-17-63(35-74)18-22-75(36-63)60(80)57-54(71(57)4)41-12-13-41/h14-15,28-29,32,39-42,45-46,50-51,54-55,57,70H,6-13,16-27,30-31,33-38H2,1-5H3,(H,69,78)/t39-,42+,45-,46-,50-,51-,54+,55-,57+,63-,71?/m0/s1. The second-order valence-electron chi connectivity index (χ2n) is 28.0. The molecular weight excluding hydrogens is 1090 g/mol. The third kappa shape index (κ3) is 12.1. The minimum Gasteiger partial charge on any atom is -0.464 e. The highest BCUT2D eigenvalue weighted by Gasteiger charge is 2.59. The van der Waals surface area contributed by atoms with Crippen molar-refractivity contribution in [3.63, 3.8) is 0 Å². The predicted octanol–water partition coefficient (Wildman–Crippen LogP) is 6.83. The van der Waals surface area contributed by atoms with Crippen molar-refractivity contribution in [3.8, 4) is 11.3 Å². The lowest BCUT2D eigenvalue weighted by Crippen LogP contribution is -2.62. The fourth-order valence-corrected chi connectivity index (χ4v) is 16.6. The highest BCUT2D eigenvalue weighted by Crippen LogP contribution is 2.49. The maximum absolute atomic E-state index is 15.4. The van der Waals surface area contributed by atoms with Gasteiger partial charge in [0.05, 0.1) is 56.1 Å². The number of methoxy groups -OCH3 is 1. The molecular formula is C64H89F3N10O8. The number of benzene rings is 1. The van der Waals surface area contributed by atoms with Crippen LogP contribution in [0.1, 0.15) is 133 Å². The molecule has 11 atom stereocenters. The predicted molar refractivity (Wildman–Crippen MR) is 313 cm³/mol. The number of cyclic esters (lactones) is 1. The molecule has 0 radical (unpaired) electrons. The number of nitrogens with zero attached hydrogens (tertiary/aromatic N) is 8. The van der Waals surface area contributed by atoms with Crippen molar-refractivity contribution < 1.29 is 51.3 Å². The summed E-state index contributed by atoms with van der Waals surface area (Å²) in [6.07, 6.45) is 7.36. The van der Waals surface area contributed by atoms with Crippen LogP contribution in [0.3, 0.4) is 0 Å². The highest BCUT2D eigenvalue weighted by atomic mass is 19.4. The minimum absolute atomic E-state index is 0.0123. The summed E-state index contributed by atoms with van der Waals surface area (Å²) < 4.78 is 72.0. The second kappa shape index (κ2) is 23.6. The van der Waals surface area contributed by atoms with Gasteiger partial charge in [0.2, 0.25) is 11.8 Å². The Bertz CT molecular complexity index is 3000. The molecule has 2 N–H and O–H groups in total. The van der Waals surface area contributed by atoms with Gasteiger partial charge >= 0.3 is 12.1 Å². The number of fused-ring (bicyclic) bond motifs is 7. The number of hydrazine groups is 1. The molecule has 2 aromatic heterocycles. The molecule has 9 fully saturated rings. The van der Waals surface area contributed by atoms with E-state index >= 15 is 22.8 Å². The van der Waals surface area contributed by atoms with Crippen molar-refractivity contribution in [2.45, 2.75) is 178 Å². The number of alkyl halides is 3. The van der Waals surface area contributed by atoms with Crippen LogP contribution in [-0.4, -0.2) is 206 Å². The van der Waals surface area contributed by atoms with Gasteiger partial charge in [-0.2, -0.15) is 13.2 Å². The normalized spacial score (nSPS) is 32.4. The Kier molecular flexibility index (Phi) is 16.4. The Labute approximate surface area is 498 Å². The molecule has 10 heterocycles. The van der Waals surface area contributed by atoms with Gasteiger partial charge < -0.3 is 38.6 Å². The van der Waals surface area contributed by atoms with Crippen LogP contribution < -0.4 is 15.6 Å². The number of amides is 3. The smallest absolute Gasteiger partial charge is 0.406 e. The maximum atomic E-state index is 15.4. The SMILES string of the molecule is CO[C@@H](C)c1ncc([C@@H]2CCN3CCOC[C@@H]3C2)cc1-c1c2c3cc(ccc3n1CC(F)(F)F)N1CCO[C@@H](C[C@H](NC(=O)[C@H](C3CCCC3)N3CC[C@]4(CCN(C(=O)[C@H]5[C@@H](C6CC6)N5C)C4)C3)C(=O)N3CCC[C@H](N3)C(=O)OCC(C)(C)C2)C1. The lowest BCUT2D eigenvalue weighted by atomic mass is 9.82. The van der Waals surface area contributed by atoms with Crippen LogP contribution in [0.4, 0.5) is 18.9 Å². The zero-order valence-corrected chi connectivity index (χ0v) is 50.5. The van der Waals surface area contributed by atoms with Crippen LogP contribution >= 0.6 is 0 Å². The first kappa shape index (κ1) is 59.1. The van der Waals surface area contributed by atoms with E-state index < -0.39 is 54.4 Å². The molecule has 18 nitrogen and oxygen atoms in total. The van der Waals surface area contributed by atoms with Crippen molar-refractivity contribution in [2.75, 3.05) is 104 Å². The number of nitrogens with one attached hydrogen (secondary N) is 2. The monoisotopic (exact) mass is 1180 g/mol. The molecule has 464 valence electrons. The Morgan fingerprint density at radius 2 is 1.75 bits per heavy atom. The van der Waals surface area contributed by atoms with Gasteiger partial charge in [0, 0.05) is 111 Å². The first-order valence-corrected chi connectivity index (χ1v) is 32.1. The molecule has 2 saturated carbocycles. The van der Waals surface area contributed by atoms with Crippen molar-refractivity contribution in [1.29, 1.82) is 0 Å². The van der Waals surface area contributed by atoms with Crippen molar-refractivity contribution in [1.82, 2.24) is 44.9 Å². The van der Waals surface area contributed by atoms with E-state index in [9.17, 15) is 9.59 Å². The van der Waals surface area contributed by atoms with E-state index in [1.807, 2.05) is 39.1 Å². The number of anilines is 1. The molecule has 1 aromatic carbocycles. The molecule has 7 saturated heterocycles. The first-order chi connectivity index (χ1) is 40.8. The number of hydrogen-bond acceptors (Lipinski definition) is 14. The lowest BCUT2D eigenvalue weighted by molar-refractivity contribution is -0.156. The van der Waals surface area contributed by atoms with Gasteiger partial charge in [-0.25, -0.2) is 5.43 Å². The van der Waals surface area contributed by atoms with Gasteiger partial charge in [0.15, 0.2) is 0 Å². The molecule has 3 amide bonds. The van der Waals surface area contributed by atoms with E-state index in [0.717, 1.165) is 88.8 Å². The highest BCUT2D eigenvalue weighted by molar-refractivity contribution is 5.95. The number of pyridine rings is 1. The second-order valence-corrected chi connectivity index (χ2v) is 28.0. The molecule has 21 heteroatoms. The number of hydrogen-bond donors (Lipinski definition) is 2. The number of carbonyl (C=O) groups excluding carboxylic acids is 4. The third-order valence-electron chi connectivity index (χ3n) is 21.4. The number of likely N-dealkylation sites (tertiary alicyclic amines) is 2. The number of esters is 1. The van der Waals surface area contributed by atoms with Crippen molar-refractivity contribution in [3.05, 3.63) is 47.3 Å². The van der Waals surface area contributed by atoms with E-state index in [0.29, 0.717) is 111 Å². The van der Waals surface area contributed by atoms with Crippen LogP contribution in [0.5, 0.6) is 0 Å². The quantitative estimate of drug-likeness (QED) is 0.152. The molecule has 1 unspecified atom stereocenters. The average Bonchev–Trinajstić information content (AvgIpc) is 1.92. The van der Waals surface area contributed by atoms with Gasteiger partial charge in [-0.3, -0.25) is 43.9 Å². The number of aromatic nitrogens is 2. The van der Waals surface area contributed by atoms with Gasteiger partial charge in [-0.15, -0.1) is 0 Å². The van der Waals surface area contributed by atoms with Crippen molar-refractivity contribution in [2.24, 2.45) is 22.7 Å². The molecule has 8 aliphatic heterocycles. The number of likely N-dealkylation sites (N-methyl/N-ethyl adjacent to an activating group) is 1. The summed E-state index contributed by atoms with van der Waals surface area (Å²) in [5.41, 5.74) is 6.72. The number of halogens is 3.